The first-order chi connectivity index (χ1) is 9.49. The maximum absolute atomic E-state index is 13.7. The number of nitrogens with two attached hydrogens (primary N) is 1. The molecule has 106 valence electrons. The third-order valence-electron chi connectivity index (χ3n) is 2.71. The van der Waals surface area contributed by atoms with Crippen molar-refractivity contribution < 1.29 is 9.13 Å². The minimum Gasteiger partial charge on any atom is -0.486 e. The molecule has 1 aromatic carbocycles. The highest BCUT2D eigenvalue weighted by molar-refractivity contribution is 7.80. The first kappa shape index (κ1) is 14.4. The van der Waals surface area contributed by atoms with Crippen molar-refractivity contribution in [2.75, 3.05) is 0 Å². The molecule has 20 heavy (non-hydrogen) atoms. The van der Waals surface area contributed by atoms with Gasteiger partial charge in [0.05, 0.1) is 0 Å². The van der Waals surface area contributed by atoms with E-state index < -0.39 is 5.82 Å². The molecular formula is C13H15FN4OS. The van der Waals surface area contributed by atoms with Crippen molar-refractivity contribution in [1.29, 1.82) is 0 Å². The molecule has 0 fully saturated rings. The number of aromatic nitrogens is 3. The van der Waals surface area contributed by atoms with Gasteiger partial charge in [0, 0.05) is 17.7 Å². The summed E-state index contributed by atoms with van der Waals surface area (Å²) in [4.78, 5) is 4.13. The number of halogens is 1. The summed E-state index contributed by atoms with van der Waals surface area (Å²) in [5.41, 5.74) is 5.60. The molecule has 0 spiro atoms. The van der Waals surface area contributed by atoms with Gasteiger partial charge in [-0.1, -0.05) is 12.2 Å². The van der Waals surface area contributed by atoms with E-state index in [9.17, 15) is 4.39 Å². The summed E-state index contributed by atoms with van der Waals surface area (Å²) in [5.74, 6) is 0.569. The number of hydrogen-bond acceptors (Lipinski definition) is 4. The van der Waals surface area contributed by atoms with Gasteiger partial charge in [-0.25, -0.2) is 14.1 Å². The van der Waals surface area contributed by atoms with Crippen LogP contribution in [0.15, 0.2) is 24.5 Å². The second kappa shape index (κ2) is 5.96. The number of hydrogen-bond donors (Lipinski definition) is 1. The van der Waals surface area contributed by atoms with Crippen molar-refractivity contribution in [2.24, 2.45) is 5.73 Å². The van der Waals surface area contributed by atoms with E-state index in [1.165, 1.54) is 18.5 Å². The van der Waals surface area contributed by atoms with Gasteiger partial charge in [0.1, 0.15) is 29.5 Å². The molecule has 0 aliphatic rings. The zero-order chi connectivity index (χ0) is 14.7. The van der Waals surface area contributed by atoms with Gasteiger partial charge in [0.25, 0.3) is 0 Å². The number of thiocarbonyl (C=S) groups is 1. The fourth-order valence-corrected chi connectivity index (χ4v) is 1.91. The highest BCUT2D eigenvalue weighted by Crippen LogP contribution is 2.18. The lowest BCUT2D eigenvalue weighted by Crippen LogP contribution is -2.12. The maximum atomic E-state index is 13.7. The van der Waals surface area contributed by atoms with Gasteiger partial charge < -0.3 is 10.5 Å². The smallest absolute Gasteiger partial charge is 0.165 e. The summed E-state index contributed by atoms with van der Waals surface area (Å²) in [6, 6.07) is 4.56. The molecule has 0 unspecified atom stereocenters. The van der Waals surface area contributed by atoms with Crippen LogP contribution < -0.4 is 10.5 Å². The van der Waals surface area contributed by atoms with E-state index in [0.717, 1.165) is 0 Å². The van der Waals surface area contributed by atoms with Crippen LogP contribution in [0.4, 0.5) is 4.39 Å². The van der Waals surface area contributed by atoms with Gasteiger partial charge in [0.2, 0.25) is 0 Å². The average Bonchev–Trinajstić information content (AvgIpc) is 2.84. The van der Waals surface area contributed by atoms with E-state index in [1.54, 1.807) is 10.7 Å². The highest BCUT2D eigenvalue weighted by Gasteiger charge is 2.10. The van der Waals surface area contributed by atoms with Crippen LogP contribution in [-0.2, 0) is 6.61 Å². The van der Waals surface area contributed by atoms with Crippen molar-refractivity contribution in [3.8, 4) is 5.75 Å². The van der Waals surface area contributed by atoms with Crippen molar-refractivity contribution in [1.82, 2.24) is 14.8 Å². The largest absolute Gasteiger partial charge is 0.486 e. The predicted octanol–water partition coefficient (Wildman–Crippen LogP) is 2.21. The van der Waals surface area contributed by atoms with Crippen LogP contribution in [0, 0.1) is 5.82 Å². The first-order valence-electron chi connectivity index (χ1n) is 6.09. The molecule has 2 rings (SSSR count). The third kappa shape index (κ3) is 3.11. The molecule has 1 aromatic heterocycles. The fraction of sp³-hybridized carbons (Fsp3) is 0.308. The van der Waals surface area contributed by atoms with Crippen LogP contribution in [0.3, 0.4) is 0 Å². The van der Waals surface area contributed by atoms with Crippen LogP contribution in [-0.4, -0.2) is 19.8 Å². The molecule has 0 saturated carbocycles. The van der Waals surface area contributed by atoms with E-state index >= 15 is 0 Å². The van der Waals surface area contributed by atoms with Crippen molar-refractivity contribution in [3.63, 3.8) is 0 Å². The molecule has 2 N–H and O–H groups in total. The maximum Gasteiger partial charge on any atom is 0.165 e. The van der Waals surface area contributed by atoms with Gasteiger partial charge in [-0.2, -0.15) is 5.10 Å². The zero-order valence-corrected chi connectivity index (χ0v) is 12.0. The Balaban J connectivity index is 2.09. The Morgan fingerprint density at radius 1 is 1.50 bits per heavy atom. The Labute approximate surface area is 121 Å². The SMILES string of the molecule is CC(C)n1ncnc1COc1ccc(C(N)=S)c(F)c1. The standard InChI is InChI=1S/C13H15FN4OS/c1-8(2)18-12(16-7-17-18)6-19-9-3-4-10(13(15)20)11(14)5-9/h3-5,7-8H,6H2,1-2H3,(H2,15,20). The summed E-state index contributed by atoms with van der Waals surface area (Å²) in [7, 11) is 0. The van der Waals surface area contributed by atoms with Gasteiger partial charge in [-0.05, 0) is 26.0 Å². The van der Waals surface area contributed by atoms with Crippen LogP contribution in [0.2, 0.25) is 0 Å². The lowest BCUT2D eigenvalue weighted by Gasteiger charge is -2.11. The zero-order valence-electron chi connectivity index (χ0n) is 11.2. The monoisotopic (exact) mass is 294 g/mol. The number of benzene rings is 1. The molecule has 0 bridgehead atoms. The Hall–Kier alpha value is -2.02. The minimum absolute atomic E-state index is 0.0219. The van der Waals surface area contributed by atoms with E-state index in [2.05, 4.69) is 10.1 Å². The van der Waals surface area contributed by atoms with E-state index in [1.807, 2.05) is 13.8 Å². The minimum atomic E-state index is -0.500. The fourth-order valence-electron chi connectivity index (χ4n) is 1.74. The first-order valence-corrected chi connectivity index (χ1v) is 6.50. The normalized spacial score (nSPS) is 10.8. The summed E-state index contributed by atoms with van der Waals surface area (Å²) < 4.78 is 21.0. The summed E-state index contributed by atoms with van der Waals surface area (Å²) >= 11 is 4.74. The topological polar surface area (TPSA) is 66.0 Å². The third-order valence-corrected chi connectivity index (χ3v) is 2.93. The van der Waals surface area contributed by atoms with E-state index in [-0.39, 0.29) is 23.2 Å². The van der Waals surface area contributed by atoms with Crippen molar-refractivity contribution in [2.45, 2.75) is 26.5 Å². The second-order valence-corrected chi connectivity index (χ2v) is 4.95. The highest BCUT2D eigenvalue weighted by atomic mass is 32.1. The molecule has 0 amide bonds. The van der Waals surface area contributed by atoms with Crippen molar-refractivity contribution >= 4 is 17.2 Å². The Morgan fingerprint density at radius 3 is 2.85 bits per heavy atom. The molecule has 0 saturated heterocycles. The summed E-state index contributed by atoms with van der Waals surface area (Å²) in [5, 5.41) is 4.10. The summed E-state index contributed by atoms with van der Waals surface area (Å²) in [6.45, 7) is 4.20. The van der Waals surface area contributed by atoms with E-state index in [4.69, 9.17) is 22.7 Å². The molecule has 2 aromatic rings. The lowest BCUT2D eigenvalue weighted by molar-refractivity contribution is 0.281. The van der Waals surface area contributed by atoms with Gasteiger partial charge in [0.15, 0.2) is 5.82 Å². The average molecular weight is 294 g/mol. The van der Waals surface area contributed by atoms with Crippen LogP contribution in [0.1, 0.15) is 31.3 Å². The Bertz CT molecular complexity index is 627. The van der Waals surface area contributed by atoms with E-state index in [0.29, 0.717) is 11.6 Å². The molecule has 0 atom stereocenters. The predicted molar refractivity (Wildman–Crippen MR) is 77.0 cm³/mol. The van der Waals surface area contributed by atoms with Crippen LogP contribution in [0.5, 0.6) is 5.75 Å². The summed E-state index contributed by atoms with van der Waals surface area (Å²) in [6.07, 6.45) is 1.47. The molecule has 0 aliphatic heterocycles. The Kier molecular flexibility index (Phi) is 4.29. The number of ether oxygens (including phenoxy) is 1. The second-order valence-electron chi connectivity index (χ2n) is 4.51. The quantitative estimate of drug-likeness (QED) is 0.856. The number of rotatable bonds is 5. The molecule has 5 nitrogen and oxygen atoms in total. The van der Waals surface area contributed by atoms with Gasteiger partial charge >= 0.3 is 0 Å². The van der Waals surface area contributed by atoms with Crippen LogP contribution in [0.25, 0.3) is 0 Å². The lowest BCUT2D eigenvalue weighted by atomic mass is 10.2. The number of nitrogens with zero attached hydrogens (tertiary/aromatic N) is 3. The van der Waals surface area contributed by atoms with Crippen LogP contribution >= 0.6 is 12.2 Å². The molecular weight excluding hydrogens is 279 g/mol. The molecule has 0 radical (unpaired) electrons. The molecule has 1 heterocycles. The van der Waals surface area contributed by atoms with Gasteiger partial charge in [-0.3, -0.25) is 0 Å². The molecule has 7 heteroatoms. The van der Waals surface area contributed by atoms with Gasteiger partial charge in [-0.15, -0.1) is 0 Å². The molecule has 0 aliphatic carbocycles. The Morgan fingerprint density at radius 2 is 2.25 bits per heavy atom. The van der Waals surface area contributed by atoms with Crippen molar-refractivity contribution in [3.05, 3.63) is 41.7 Å².